The minimum Gasteiger partial charge on any atom is -0.288 e. The van der Waals surface area contributed by atoms with Gasteiger partial charge in [-0.3, -0.25) is 14.7 Å². The Morgan fingerprint density at radius 2 is 2.21 bits per heavy atom. The van der Waals surface area contributed by atoms with E-state index in [1.54, 1.807) is 11.1 Å². The fraction of sp³-hybridized carbons (Fsp3) is 0.0909. The fourth-order valence-corrected chi connectivity index (χ4v) is 1.77. The lowest BCUT2D eigenvalue weighted by Gasteiger charge is -2.30. The summed E-state index contributed by atoms with van der Waals surface area (Å²) in [7, 11) is 0. The molecular formula is C11H8N2O. The van der Waals surface area contributed by atoms with E-state index in [-0.39, 0.29) is 12.1 Å². The smallest absolute Gasteiger partial charge is 0.262 e. The molecule has 0 saturated heterocycles. The van der Waals surface area contributed by atoms with Gasteiger partial charge in [-0.05, 0) is 24.3 Å². The number of carbonyl (C=O) groups is 1. The summed E-state index contributed by atoms with van der Waals surface area (Å²) in [5.74, 6) is 0.0330. The predicted molar refractivity (Wildman–Crippen MR) is 53.6 cm³/mol. The number of fused-ring (bicyclic) bond motifs is 2. The first-order chi connectivity index (χ1) is 6.86. The standard InChI is InChI=1S/C11H8N2O/c14-11-8-4-3-5-9(8)12-10-6-1-2-7-13(10)11/h1-7,10H. The van der Waals surface area contributed by atoms with Gasteiger partial charge in [-0.2, -0.15) is 0 Å². The lowest BCUT2D eigenvalue weighted by atomic mass is 10.1. The quantitative estimate of drug-likeness (QED) is 0.556. The Morgan fingerprint density at radius 3 is 3.14 bits per heavy atom. The van der Waals surface area contributed by atoms with Crippen molar-refractivity contribution in [2.75, 3.05) is 0 Å². The molecule has 2 aliphatic heterocycles. The normalized spacial score (nSPS) is 27.3. The van der Waals surface area contributed by atoms with E-state index in [2.05, 4.69) is 4.99 Å². The molecule has 0 radical (unpaired) electrons. The van der Waals surface area contributed by atoms with Gasteiger partial charge in [0, 0.05) is 6.20 Å². The first-order valence-corrected chi connectivity index (χ1v) is 4.50. The average Bonchev–Trinajstić information content (AvgIpc) is 2.66. The summed E-state index contributed by atoms with van der Waals surface area (Å²) in [6.45, 7) is 0. The number of allylic oxidation sites excluding steroid dienone is 5. The molecule has 3 heteroatoms. The van der Waals surface area contributed by atoms with Crippen LogP contribution in [0.2, 0.25) is 0 Å². The molecule has 0 saturated carbocycles. The molecule has 68 valence electrons. The lowest BCUT2D eigenvalue weighted by Crippen LogP contribution is -2.41. The molecule has 1 amide bonds. The number of amides is 1. The maximum atomic E-state index is 11.9. The second kappa shape index (κ2) is 2.54. The first-order valence-electron chi connectivity index (χ1n) is 4.50. The molecule has 0 N–H and O–H groups in total. The third-order valence-corrected chi connectivity index (χ3v) is 2.46. The zero-order chi connectivity index (χ0) is 9.54. The molecule has 3 nitrogen and oxygen atoms in total. The fourth-order valence-electron chi connectivity index (χ4n) is 1.77. The summed E-state index contributed by atoms with van der Waals surface area (Å²) in [4.78, 5) is 18.0. The highest BCUT2D eigenvalue weighted by Crippen LogP contribution is 2.23. The monoisotopic (exact) mass is 184 g/mol. The van der Waals surface area contributed by atoms with Crippen molar-refractivity contribution in [3.05, 3.63) is 48.2 Å². The first kappa shape index (κ1) is 7.50. The molecule has 1 aliphatic carbocycles. The Bertz CT molecular complexity index is 452. The molecular weight excluding hydrogens is 176 g/mol. The van der Waals surface area contributed by atoms with Gasteiger partial charge in [0.05, 0.1) is 11.3 Å². The minimum atomic E-state index is -0.151. The predicted octanol–water partition coefficient (Wildman–Crippen LogP) is 1.18. The van der Waals surface area contributed by atoms with E-state index in [0.29, 0.717) is 5.57 Å². The molecule has 2 heterocycles. The van der Waals surface area contributed by atoms with Crippen LogP contribution >= 0.6 is 0 Å². The zero-order valence-corrected chi connectivity index (χ0v) is 7.42. The second-order valence-electron chi connectivity index (χ2n) is 3.31. The van der Waals surface area contributed by atoms with Crippen LogP contribution in [-0.4, -0.2) is 22.7 Å². The number of aliphatic imine (C=N–C) groups is 1. The highest BCUT2D eigenvalue weighted by atomic mass is 16.2. The number of nitrogens with zero attached hydrogens (tertiary/aromatic N) is 2. The van der Waals surface area contributed by atoms with Crippen LogP contribution in [0.5, 0.6) is 0 Å². The average molecular weight is 184 g/mol. The summed E-state index contributed by atoms with van der Waals surface area (Å²) >= 11 is 0. The van der Waals surface area contributed by atoms with Crippen molar-refractivity contribution in [2.45, 2.75) is 6.17 Å². The second-order valence-corrected chi connectivity index (χ2v) is 3.31. The van der Waals surface area contributed by atoms with Crippen molar-refractivity contribution >= 4 is 11.6 Å². The van der Waals surface area contributed by atoms with Gasteiger partial charge >= 0.3 is 0 Å². The molecule has 14 heavy (non-hydrogen) atoms. The Kier molecular flexibility index (Phi) is 1.36. The molecule has 1 atom stereocenters. The highest BCUT2D eigenvalue weighted by molar-refractivity contribution is 6.29. The molecule has 0 spiro atoms. The largest absolute Gasteiger partial charge is 0.288 e. The van der Waals surface area contributed by atoms with E-state index >= 15 is 0 Å². The van der Waals surface area contributed by atoms with Gasteiger partial charge in [0.1, 0.15) is 6.17 Å². The Balaban J connectivity index is 2.13. The van der Waals surface area contributed by atoms with E-state index < -0.39 is 0 Å². The Labute approximate surface area is 81.4 Å². The van der Waals surface area contributed by atoms with Crippen molar-refractivity contribution in [1.29, 1.82) is 0 Å². The lowest BCUT2D eigenvalue weighted by molar-refractivity contribution is -0.125. The molecule has 0 aromatic heterocycles. The number of rotatable bonds is 0. The number of carbonyl (C=O) groups excluding carboxylic acids is 1. The van der Waals surface area contributed by atoms with Crippen molar-refractivity contribution in [3.63, 3.8) is 0 Å². The van der Waals surface area contributed by atoms with Crippen LogP contribution in [0, 0.1) is 0 Å². The van der Waals surface area contributed by atoms with Crippen LogP contribution < -0.4 is 0 Å². The zero-order valence-electron chi connectivity index (χ0n) is 7.42. The van der Waals surface area contributed by atoms with E-state index in [1.165, 1.54) is 0 Å². The summed E-state index contributed by atoms with van der Waals surface area (Å²) in [5.41, 5.74) is 1.50. The van der Waals surface area contributed by atoms with Crippen molar-refractivity contribution in [2.24, 2.45) is 4.99 Å². The topological polar surface area (TPSA) is 32.7 Å². The van der Waals surface area contributed by atoms with Gasteiger partial charge in [-0.25, -0.2) is 0 Å². The highest BCUT2D eigenvalue weighted by Gasteiger charge is 2.31. The Hall–Kier alpha value is -1.90. The molecule has 0 bridgehead atoms. The van der Waals surface area contributed by atoms with Crippen LogP contribution in [0.1, 0.15) is 0 Å². The van der Waals surface area contributed by atoms with Gasteiger partial charge in [-0.1, -0.05) is 12.2 Å². The van der Waals surface area contributed by atoms with Gasteiger partial charge in [0.15, 0.2) is 0 Å². The summed E-state index contributed by atoms with van der Waals surface area (Å²) < 4.78 is 0. The van der Waals surface area contributed by atoms with Crippen molar-refractivity contribution < 1.29 is 4.79 Å². The van der Waals surface area contributed by atoms with Gasteiger partial charge in [0.2, 0.25) is 0 Å². The van der Waals surface area contributed by atoms with Crippen LogP contribution in [0.15, 0.2) is 53.2 Å². The number of hydrogen-bond acceptors (Lipinski definition) is 2. The summed E-state index contributed by atoms with van der Waals surface area (Å²) in [5, 5.41) is 0. The van der Waals surface area contributed by atoms with E-state index in [4.69, 9.17) is 0 Å². The third kappa shape index (κ3) is 0.865. The van der Waals surface area contributed by atoms with Crippen molar-refractivity contribution in [1.82, 2.24) is 4.90 Å². The van der Waals surface area contributed by atoms with E-state index in [9.17, 15) is 4.79 Å². The molecule has 0 aromatic carbocycles. The Morgan fingerprint density at radius 1 is 1.29 bits per heavy atom. The van der Waals surface area contributed by atoms with Crippen LogP contribution in [0.4, 0.5) is 0 Å². The molecule has 0 fully saturated rings. The summed E-state index contributed by atoms with van der Waals surface area (Å²) in [6.07, 6.45) is 12.8. The molecule has 3 rings (SSSR count). The van der Waals surface area contributed by atoms with Crippen LogP contribution in [0.25, 0.3) is 0 Å². The minimum absolute atomic E-state index is 0.0330. The van der Waals surface area contributed by atoms with Gasteiger partial charge in [-0.15, -0.1) is 0 Å². The van der Waals surface area contributed by atoms with Crippen molar-refractivity contribution in [3.8, 4) is 0 Å². The van der Waals surface area contributed by atoms with E-state index in [1.807, 2.05) is 36.5 Å². The maximum absolute atomic E-state index is 11.9. The molecule has 0 aromatic rings. The van der Waals surface area contributed by atoms with E-state index in [0.717, 1.165) is 5.71 Å². The third-order valence-electron chi connectivity index (χ3n) is 2.46. The maximum Gasteiger partial charge on any atom is 0.262 e. The summed E-state index contributed by atoms with van der Waals surface area (Å²) in [6, 6.07) is 0. The van der Waals surface area contributed by atoms with Crippen LogP contribution in [-0.2, 0) is 4.79 Å². The molecule has 3 aliphatic rings. The van der Waals surface area contributed by atoms with Crippen LogP contribution in [0.3, 0.4) is 0 Å². The van der Waals surface area contributed by atoms with Gasteiger partial charge in [0.25, 0.3) is 5.91 Å². The SMILES string of the molecule is O=C1C2=CC=CC2=NC2C=CC=CN12. The number of hydrogen-bond donors (Lipinski definition) is 0. The van der Waals surface area contributed by atoms with Gasteiger partial charge < -0.3 is 0 Å². The molecule has 1 unspecified atom stereocenters.